The lowest BCUT2D eigenvalue weighted by Crippen LogP contribution is -2.40. The van der Waals surface area contributed by atoms with E-state index in [0.717, 1.165) is 30.6 Å². The Balaban J connectivity index is 2.23. The summed E-state index contributed by atoms with van der Waals surface area (Å²) in [7, 11) is 0. The van der Waals surface area contributed by atoms with Crippen LogP contribution in [0, 0.1) is 6.92 Å². The first-order chi connectivity index (χ1) is 8.22. The lowest BCUT2D eigenvalue weighted by molar-refractivity contribution is 0.262. The summed E-state index contributed by atoms with van der Waals surface area (Å²) in [6.07, 6.45) is 6.31. The Morgan fingerprint density at radius 1 is 1.53 bits per heavy atom. The molecule has 0 radical (unpaired) electrons. The highest BCUT2D eigenvalue weighted by Crippen LogP contribution is 2.29. The van der Waals surface area contributed by atoms with Crippen LogP contribution in [-0.4, -0.2) is 29.3 Å². The molecular formula is C13H19ClN2O. The summed E-state index contributed by atoms with van der Waals surface area (Å²) in [4.78, 5) is 6.54. The monoisotopic (exact) mass is 254 g/mol. The first kappa shape index (κ1) is 12.7. The topological polar surface area (TPSA) is 36.4 Å². The van der Waals surface area contributed by atoms with Crippen LogP contribution in [0.1, 0.15) is 31.2 Å². The number of hydrogen-bond donors (Lipinski definition) is 1. The Hall–Kier alpha value is -0.800. The maximum Gasteiger partial charge on any atom is 0.129 e. The molecule has 0 spiro atoms. The summed E-state index contributed by atoms with van der Waals surface area (Å²) in [6.45, 7) is 3.36. The minimum Gasteiger partial charge on any atom is -0.396 e. The van der Waals surface area contributed by atoms with Gasteiger partial charge in [0.1, 0.15) is 5.15 Å². The maximum absolute atomic E-state index is 9.13. The first-order valence-corrected chi connectivity index (χ1v) is 6.60. The Morgan fingerprint density at radius 2 is 2.35 bits per heavy atom. The van der Waals surface area contributed by atoms with E-state index in [1.165, 1.54) is 12.8 Å². The third kappa shape index (κ3) is 2.90. The molecule has 0 amide bonds. The zero-order valence-corrected chi connectivity index (χ0v) is 11.0. The van der Waals surface area contributed by atoms with Crippen molar-refractivity contribution in [3.8, 4) is 0 Å². The van der Waals surface area contributed by atoms with Gasteiger partial charge in [-0.3, -0.25) is 0 Å². The Bertz CT molecular complexity index is 382. The SMILES string of the molecule is Cc1cc(Cl)ncc1N1CCCCC1CCO. The molecule has 1 saturated heterocycles. The van der Waals surface area contributed by atoms with Gasteiger partial charge in [-0.05, 0) is 44.2 Å². The van der Waals surface area contributed by atoms with Gasteiger partial charge in [0.05, 0.1) is 11.9 Å². The predicted octanol–water partition coefficient (Wildman–Crippen LogP) is 2.78. The number of halogens is 1. The van der Waals surface area contributed by atoms with Gasteiger partial charge in [-0.15, -0.1) is 0 Å². The van der Waals surface area contributed by atoms with E-state index in [1.54, 1.807) is 0 Å². The number of aliphatic hydroxyl groups is 1. The second-order valence-electron chi connectivity index (χ2n) is 4.65. The largest absolute Gasteiger partial charge is 0.396 e. The molecule has 3 nitrogen and oxygen atoms in total. The van der Waals surface area contributed by atoms with Crippen molar-refractivity contribution in [1.29, 1.82) is 0 Å². The fourth-order valence-corrected chi connectivity index (χ4v) is 2.79. The molecular weight excluding hydrogens is 236 g/mol. The summed E-state index contributed by atoms with van der Waals surface area (Å²) in [5, 5.41) is 9.68. The van der Waals surface area contributed by atoms with Gasteiger partial charge < -0.3 is 10.0 Å². The standard InChI is InChI=1S/C13H19ClN2O/c1-10-8-13(14)15-9-12(10)16-6-3-2-4-11(16)5-7-17/h8-9,11,17H,2-7H2,1H3. The molecule has 1 aromatic rings. The molecule has 0 saturated carbocycles. The van der Waals surface area contributed by atoms with Gasteiger partial charge in [0.25, 0.3) is 0 Å². The van der Waals surface area contributed by atoms with Crippen LogP contribution in [0.25, 0.3) is 0 Å². The van der Waals surface area contributed by atoms with Crippen molar-refractivity contribution in [2.45, 2.75) is 38.6 Å². The van der Waals surface area contributed by atoms with Crippen LogP contribution in [0.3, 0.4) is 0 Å². The molecule has 1 aliphatic heterocycles. The zero-order valence-electron chi connectivity index (χ0n) is 10.2. The Labute approximate surface area is 107 Å². The van der Waals surface area contributed by atoms with Gasteiger partial charge in [-0.25, -0.2) is 4.98 Å². The number of aliphatic hydroxyl groups excluding tert-OH is 1. The molecule has 1 fully saturated rings. The molecule has 1 N–H and O–H groups in total. The minimum absolute atomic E-state index is 0.251. The van der Waals surface area contributed by atoms with Gasteiger partial charge in [0, 0.05) is 19.2 Å². The predicted molar refractivity (Wildman–Crippen MR) is 70.7 cm³/mol. The van der Waals surface area contributed by atoms with Gasteiger partial charge in [0.15, 0.2) is 0 Å². The number of hydrogen-bond acceptors (Lipinski definition) is 3. The fraction of sp³-hybridized carbons (Fsp3) is 0.615. The molecule has 1 aliphatic rings. The fourth-order valence-electron chi connectivity index (χ4n) is 2.58. The van der Waals surface area contributed by atoms with E-state index in [0.29, 0.717) is 11.2 Å². The highest BCUT2D eigenvalue weighted by Gasteiger charge is 2.23. The molecule has 4 heteroatoms. The van der Waals surface area contributed by atoms with E-state index in [1.807, 2.05) is 12.3 Å². The number of pyridine rings is 1. The van der Waals surface area contributed by atoms with Crippen molar-refractivity contribution in [2.24, 2.45) is 0 Å². The quantitative estimate of drug-likeness (QED) is 0.843. The number of anilines is 1. The molecule has 1 atom stereocenters. The summed E-state index contributed by atoms with van der Waals surface area (Å²) < 4.78 is 0. The molecule has 1 aromatic heterocycles. The van der Waals surface area contributed by atoms with E-state index in [4.69, 9.17) is 16.7 Å². The third-order valence-corrected chi connectivity index (χ3v) is 3.66. The number of rotatable bonds is 3. The molecule has 17 heavy (non-hydrogen) atoms. The van der Waals surface area contributed by atoms with Crippen LogP contribution in [0.15, 0.2) is 12.3 Å². The lowest BCUT2D eigenvalue weighted by atomic mass is 9.98. The average molecular weight is 255 g/mol. The number of nitrogens with zero attached hydrogens (tertiary/aromatic N) is 2. The van der Waals surface area contributed by atoms with Crippen LogP contribution in [0.2, 0.25) is 5.15 Å². The molecule has 94 valence electrons. The second kappa shape index (κ2) is 5.69. The number of aromatic nitrogens is 1. The van der Waals surface area contributed by atoms with Crippen LogP contribution in [-0.2, 0) is 0 Å². The molecule has 1 unspecified atom stereocenters. The highest BCUT2D eigenvalue weighted by molar-refractivity contribution is 6.29. The van der Waals surface area contributed by atoms with E-state index < -0.39 is 0 Å². The van der Waals surface area contributed by atoms with Gasteiger partial charge in [-0.2, -0.15) is 0 Å². The first-order valence-electron chi connectivity index (χ1n) is 6.22. The van der Waals surface area contributed by atoms with E-state index >= 15 is 0 Å². The minimum atomic E-state index is 0.251. The molecule has 0 aromatic carbocycles. The van der Waals surface area contributed by atoms with Crippen molar-refractivity contribution in [3.63, 3.8) is 0 Å². The maximum atomic E-state index is 9.13. The highest BCUT2D eigenvalue weighted by atomic mass is 35.5. The van der Waals surface area contributed by atoms with Gasteiger partial charge in [0.2, 0.25) is 0 Å². The molecule has 2 rings (SSSR count). The van der Waals surface area contributed by atoms with Gasteiger partial charge in [-0.1, -0.05) is 11.6 Å². The molecule has 2 heterocycles. The van der Waals surface area contributed by atoms with E-state index in [9.17, 15) is 0 Å². The van der Waals surface area contributed by atoms with Crippen LogP contribution in [0.5, 0.6) is 0 Å². The normalized spacial score (nSPS) is 20.6. The van der Waals surface area contributed by atoms with Crippen molar-refractivity contribution >= 4 is 17.3 Å². The average Bonchev–Trinajstić information content (AvgIpc) is 2.31. The smallest absolute Gasteiger partial charge is 0.129 e. The number of piperidine rings is 1. The molecule has 0 bridgehead atoms. The summed E-state index contributed by atoms with van der Waals surface area (Å²) in [5.74, 6) is 0. The summed E-state index contributed by atoms with van der Waals surface area (Å²) in [5.41, 5.74) is 2.32. The van der Waals surface area contributed by atoms with Gasteiger partial charge >= 0.3 is 0 Å². The van der Waals surface area contributed by atoms with Crippen molar-refractivity contribution in [2.75, 3.05) is 18.1 Å². The van der Waals surface area contributed by atoms with Crippen LogP contribution in [0.4, 0.5) is 5.69 Å². The van der Waals surface area contributed by atoms with Crippen LogP contribution >= 0.6 is 11.6 Å². The van der Waals surface area contributed by atoms with Crippen molar-refractivity contribution in [1.82, 2.24) is 4.98 Å². The Kier molecular flexibility index (Phi) is 4.24. The Morgan fingerprint density at radius 3 is 3.06 bits per heavy atom. The third-order valence-electron chi connectivity index (χ3n) is 3.45. The molecule has 0 aliphatic carbocycles. The lowest BCUT2D eigenvalue weighted by Gasteiger charge is -2.38. The second-order valence-corrected chi connectivity index (χ2v) is 5.04. The van der Waals surface area contributed by atoms with Crippen molar-refractivity contribution in [3.05, 3.63) is 23.0 Å². The van der Waals surface area contributed by atoms with Crippen LogP contribution < -0.4 is 4.90 Å². The summed E-state index contributed by atoms with van der Waals surface area (Å²) in [6, 6.07) is 2.34. The van der Waals surface area contributed by atoms with E-state index in [2.05, 4.69) is 16.8 Å². The summed E-state index contributed by atoms with van der Waals surface area (Å²) >= 11 is 5.88. The van der Waals surface area contributed by atoms with Crippen molar-refractivity contribution < 1.29 is 5.11 Å². The zero-order chi connectivity index (χ0) is 12.3. The number of aryl methyl sites for hydroxylation is 1. The van der Waals surface area contributed by atoms with E-state index in [-0.39, 0.29) is 6.61 Å².